The van der Waals surface area contributed by atoms with Crippen LogP contribution in [0.3, 0.4) is 0 Å². The predicted octanol–water partition coefficient (Wildman–Crippen LogP) is 4.59. The molecular weight excluding hydrogens is 500 g/mol. The molecule has 1 fully saturated rings. The first-order valence-electron chi connectivity index (χ1n) is 14.0. The first-order valence-corrected chi connectivity index (χ1v) is 14.0. The number of amides is 1. The molecule has 4 aromatic rings. The lowest BCUT2D eigenvalue weighted by Gasteiger charge is -2.42. The molecule has 1 amide bonds. The summed E-state index contributed by atoms with van der Waals surface area (Å²) in [4.78, 5) is 21.3. The second-order valence-electron chi connectivity index (χ2n) is 12.1. The molecule has 1 aliphatic heterocycles. The Morgan fingerprint density at radius 1 is 1.12 bits per heavy atom. The number of benzene rings is 2. The van der Waals surface area contributed by atoms with E-state index < -0.39 is 17.1 Å². The van der Waals surface area contributed by atoms with Gasteiger partial charge in [0.2, 0.25) is 0 Å². The van der Waals surface area contributed by atoms with Crippen molar-refractivity contribution in [2.24, 2.45) is 12.5 Å². The van der Waals surface area contributed by atoms with Gasteiger partial charge in [0.15, 0.2) is 5.69 Å². The molecule has 3 heterocycles. The molecule has 2 atom stereocenters. The molecule has 1 unspecified atom stereocenters. The molecule has 210 valence electrons. The molecule has 0 bridgehead atoms. The van der Waals surface area contributed by atoms with Crippen LogP contribution in [-0.2, 0) is 13.6 Å². The number of aromatic nitrogens is 4. The summed E-state index contributed by atoms with van der Waals surface area (Å²) in [5, 5.41) is 19.4. The molecule has 0 aliphatic carbocycles. The molecule has 1 saturated heterocycles. The second-order valence-corrected chi connectivity index (χ2v) is 12.1. The predicted molar refractivity (Wildman–Crippen MR) is 157 cm³/mol. The van der Waals surface area contributed by atoms with Gasteiger partial charge in [-0.2, -0.15) is 5.10 Å². The summed E-state index contributed by atoms with van der Waals surface area (Å²) in [5.74, 6) is 0.574. The summed E-state index contributed by atoms with van der Waals surface area (Å²) in [6.45, 7) is 10.2. The number of imidazole rings is 1. The highest BCUT2D eigenvalue weighted by Gasteiger charge is 2.44. The molecule has 0 radical (unpaired) electrons. The van der Waals surface area contributed by atoms with Crippen molar-refractivity contribution in [1.82, 2.24) is 29.5 Å². The lowest BCUT2D eigenvalue weighted by atomic mass is 9.83. The zero-order valence-electron chi connectivity index (χ0n) is 24.1. The van der Waals surface area contributed by atoms with Crippen LogP contribution in [0.5, 0.6) is 0 Å². The Kier molecular flexibility index (Phi) is 7.66. The Morgan fingerprint density at radius 2 is 1.80 bits per heavy atom. The van der Waals surface area contributed by atoms with E-state index in [1.807, 2.05) is 61.3 Å². The number of nitrogens with one attached hydrogen (secondary N) is 1. The van der Waals surface area contributed by atoms with Crippen molar-refractivity contribution in [2.75, 3.05) is 19.6 Å². The molecule has 2 aromatic heterocycles. The van der Waals surface area contributed by atoms with Gasteiger partial charge in [0.05, 0.1) is 23.9 Å². The van der Waals surface area contributed by atoms with Crippen molar-refractivity contribution in [3.05, 3.63) is 95.7 Å². The lowest BCUT2D eigenvalue weighted by molar-refractivity contribution is -0.0105. The number of aryl methyl sites for hydroxylation is 2. The van der Waals surface area contributed by atoms with Crippen LogP contribution in [0.25, 0.3) is 11.3 Å². The van der Waals surface area contributed by atoms with Crippen LogP contribution in [0.1, 0.15) is 60.8 Å². The van der Waals surface area contributed by atoms with Crippen molar-refractivity contribution >= 4 is 5.91 Å². The van der Waals surface area contributed by atoms with Gasteiger partial charge in [0.25, 0.3) is 5.91 Å². The van der Waals surface area contributed by atoms with E-state index in [0.29, 0.717) is 31.7 Å². The molecule has 0 spiro atoms. The Labute approximate surface area is 236 Å². The van der Waals surface area contributed by atoms with Gasteiger partial charge < -0.3 is 19.9 Å². The second kappa shape index (κ2) is 11.0. The van der Waals surface area contributed by atoms with Crippen LogP contribution < -0.4 is 5.32 Å². The van der Waals surface area contributed by atoms with Crippen LogP contribution in [0.15, 0.2) is 72.9 Å². The molecule has 0 saturated carbocycles. The average molecular weight is 541 g/mol. The number of aliphatic hydroxyl groups is 1. The van der Waals surface area contributed by atoms with Crippen molar-refractivity contribution in [1.29, 1.82) is 0 Å². The van der Waals surface area contributed by atoms with Gasteiger partial charge in [-0.05, 0) is 36.9 Å². The molecule has 2 N–H and O–H groups in total. The van der Waals surface area contributed by atoms with E-state index in [1.165, 1.54) is 0 Å². The van der Waals surface area contributed by atoms with Gasteiger partial charge >= 0.3 is 0 Å². The average Bonchev–Trinajstić information content (AvgIpc) is 3.63. The largest absolute Gasteiger partial charge is 0.387 e. The van der Waals surface area contributed by atoms with Gasteiger partial charge in [-0.15, -0.1) is 0 Å². The summed E-state index contributed by atoms with van der Waals surface area (Å²) in [5.41, 5.74) is 2.83. The number of β-amino-alcohol motifs (C(OH)–C–C–N with tert-alkyl or cyclic N) is 1. The van der Waals surface area contributed by atoms with Crippen LogP contribution >= 0.6 is 0 Å². The van der Waals surface area contributed by atoms with Crippen LogP contribution in [0.2, 0.25) is 0 Å². The smallest absolute Gasteiger partial charge is 0.275 e. The molecule has 8 heteroatoms. The number of rotatable bonds is 8. The molecular formula is C32H40N6O2. The zero-order valence-corrected chi connectivity index (χ0v) is 24.1. The van der Waals surface area contributed by atoms with Crippen molar-refractivity contribution in [2.45, 2.75) is 52.3 Å². The van der Waals surface area contributed by atoms with Crippen LogP contribution in [0, 0.1) is 12.3 Å². The quantitative estimate of drug-likeness (QED) is 0.341. The third-order valence-electron chi connectivity index (χ3n) is 7.73. The van der Waals surface area contributed by atoms with E-state index in [2.05, 4.69) is 66.2 Å². The molecule has 40 heavy (non-hydrogen) atoms. The molecule has 2 aromatic carbocycles. The Morgan fingerprint density at radius 3 is 2.38 bits per heavy atom. The van der Waals surface area contributed by atoms with Crippen molar-refractivity contribution < 1.29 is 9.90 Å². The number of hydrogen-bond acceptors (Lipinski definition) is 5. The van der Waals surface area contributed by atoms with Gasteiger partial charge in [0.1, 0.15) is 5.82 Å². The fourth-order valence-electron chi connectivity index (χ4n) is 5.57. The SMILES string of the molecule is Cc1cc(C(=O)N(CC2(O)CCNC2)[C@@H](c2nc(-c3ccccc3)cn2Cc2ccccc2)C(C)(C)C)nn1C. The van der Waals surface area contributed by atoms with Crippen molar-refractivity contribution in [3.8, 4) is 11.3 Å². The van der Waals surface area contributed by atoms with Gasteiger partial charge in [-0.3, -0.25) is 9.48 Å². The van der Waals surface area contributed by atoms with Crippen LogP contribution in [-0.4, -0.2) is 60.5 Å². The first-order chi connectivity index (χ1) is 19.0. The number of nitrogens with zero attached hydrogens (tertiary/aromatic N) is 5. The molecule has 5 rings (SSSR count). The molecule has 8 nitrogen and oxygen atoms in total. The van der Waals surface area contributed by atoms with E-state index in [1.54, 1.807) is 4.68 Å². The van der Waals surface area contributed by atoms with E-state index in [-0.39, 0.29) is 12.5 Å². The lowest BCUT2D eigenvalue weighted by Crippen LogP contribution is -2.51. The summed E-state index contributed by atoms with van der Waals surface area (Å²) < 4.78 is 3.88. The first kappa shape index (κ1) is 27.8. The number of hydrogen-bond donors (Lipinski definition) is 2. The fourth-order valence-corrected chi connectivity index (χ4v) is 5.57. The molecule has 1 aliphatic rings. The Bertz CT molecular complexity index is 1430. The third kappa shape index (κ3) is 5.88. The van der Waals surface area contributed by atoms with Gasteiger partial charge in [-0.25, -0.2) is 4.98 Å². The summed E-state index contributed by atoms with van der Waals surface area (Å²) in [6, 6.07) is 21.8. The van der Waals surface area contributed by atoms with Crippen LogP contribution in [0.4, 0.5) is 0 Å². The minimum Gasteiger partial charge on any atom is -0.387 e. The topological polar surface area (TPSA) is 88.2 Å². The summed E-state index contributed by atoms with van der Waals surface area (Å²) in [6.07, 6.45) is 2.65. The van der Waals surface area contributed by atoms with Gasteiger partial charge in [-0.1, -0.05) is 81.4 Å². The van der Waals surface area contributed by atoms with E-state index >= 15 is 0 Å². The maximum absolute atomic E-state index is 14.3. The van der Waals surface area contributed by atoms with Crippen molar-refractivity contribution in [3.63, 3.8) is 0 Å². The zero-order chi connectivity index (χ0) is 28.5. The Hall–Kier alpha value is -3.75. The highest BCUT2D eigenvalue weighted by Crippen LogP contribution is 2.41. The number of carbonyl (C=O) groups excluding carboxylic acids is 1. The third-order valence-corrected chi connectivity index (χ3v) is 7.73. The summed E-state index contributed by atoms with van der Waals surface area (Å²) >= 11 is 0. The monoisotopic (exact) mass is 540 g/mol. The fraction of sp³-hybridized carbons (Fsp3) is 0.406. The van der Waals surface area contributed by atoms with E-state index in [4.69, 9.17) is 4.98 Å². The maximum Gasteiger partial charge on any atom is 0.275 e. The van der Waals surface area contributed by atoms with E-state index in [0.717, 1.165) is 28.3 Å². The number of carbonyl (C=O) groups is 1. The van der Waals surface area contributed by atoms with Gasteiger partial charge in [0, 0.05) is 37.6 Å². The minimum absolute atomic E-state index is 0.176. The standard InChI is InChI=1S/C32H40N6O2/c1-23-18-26(35-36(23)5)30(39)38(22-32(40)16-17-33-21-32)28(31(2,3)4)29-34-27(25-14-10-7-11-15-25)20-37(29)19-24-12-8-6-9-13-24/h6-15,18,20,28,33,40H,16-17,19,21-22H2,1-5H3/t28-,32?/m0/s1. The highest BCUT2D eigenvalue weighted by atomic mass is 16.3. The highest BCUT2D eigenvalue weighted by molar-refractivity contribution is 5.93. The summed E-state index contributed by atoms with van der Waals surface area (Å²) in [7, 11) is 1.84. The normalized spacial score (nSPS) is 18.1. The maximum atomic E-state index is 14.3. The Balaban J connectivity index is 1.66. The van der Waals surface area contributed by atoms with E-state index in [9.17, 15) is 9.90 Å². The minimum atomic E-state index is -1.04.